The van der Waals surface area contributed by atoms with Crippen molar-refractivity contribution in [1.82, 2.24) is 0 Å². The van der Waals surface area contributed by atoms with Crippen LogP contribution in [0.15, 0.2) is 224 Å². The summed E-state index contributed by atoms with van der Waals surface area (Å²) in [5.41, 5.74) is 18.1. The molecule has 0 atom stereocenters. The van der Waals surface area contributed by atoms with Gasteiger partial charge in [-0.15, -0.1) is 0 Å². The molecule has 0 saturated carbocycles. The lowest BCUT2D eigenvalue weighted by Gasteiger charge is -2.34. The number of anilines is 3. The van der Waals surface area contributed by atoms with Gasteiger partial charge >= 0.3 is 0 Å². The Morgan fingerprint density at radius 1 is 0.333 bits per heavy atom. The first kappa shape index (κ1) is 41.2. The maximum absolute atomic E-state index is 2.47. The normalized spacial score (nSPS) is 13.1. The average Bonchev–Trinajstić information content (AvgIpc) is 3.65. The molecule has 0 unspecified atom stereocenters. The largest absolute Gasteiger partial charge is 0.310 e. The van der Waals surface area contributed by atoms with Crippen molar-refractivity contribution in [3.63, 3.8) is 0 Å². The molecule has 10 aromatic carbocycles. The highest BCUT2D eigenvalue weighted by molar-refractivity contribution is 5.98. The maximum Gasteiger partial charge on any atom is 0.0714 e. The first-order valence-corrected chi connectivity index (χ1v) is 23.4. The minimum absolute atomic E-state index is 0.0825. The van der Waals surface area contributed by atoms with Crippen LogP contribution in [-0.4, -0.2) is 0 Å². The van der Waals surface area contributed by atoms with Crippen LogP contribution in [0.5, 0.6) is 0 Å². The molecule has 1 heteroatoms. The van der Waals surface area contributed by atoms with Crippen molar-refractivity contribution >= 4 is 38.6 Å². The van der Waals surface area contributed by atoms with Crippen molar-refractivity contribution in [2.24, 2.45) is 0 Å². The molecule has 320 valence electrons. The van der Waals surface area contributed by atoms with Crippen LogP contribution >= 0.6 is 0 Å². The summed E-state index contributed by atoms with van der Waals surface area (Å²) in [6.07, 6.45) is 0. The molecule has 66 heavy (non-hydrogen) atoms. The lowest BCUT2D eigenvalue weighted by Crippen LogP contribution is -2.28. The molecule has 0 aliphatic heterocycles. The van der Waals surface area contributed by atoms with Crippen LogP contribution in [0.4, 0.5) is 17.1 Å². The molecule has 0 fully saturated rings. The van der Waals surface area contributed by atoms with E-state index in [2.05, 4.69) is 271 Å². The third-order valence-electron chi connectivity index (χ3n) is 14.0. The Hall–Kier alpha value is -7.48. The van der Waals surface area contributed by atoms with Gasteiger partial charge in [0.15, 0.2) is 0 Å². The molecule has 0 heterocycles. The third kappa shape index (κ3) is 7.02. The molecular formula is C65H55N. The molecule has 0 aromatic heterocycles. The molecule has 1 aliphatic carbocycles. The minimum atomic E-state index is -0.504. The third-order valence-corrected chi connectivity index (χ3v) is 14.0. The summed E-state index contributed by atoms with van der Waals surface area (Å²) < 4.78 is 0. The average molecular weight is 850 g/mol. The van der Waals surface area contributed by atoms with E-state index < -0.39 is 5.41 Å². The second-order valence-corrected chi connectivity index (χ2v) is 20.2. The van der Waals surface area contributed by atoms with Crippen molar-refractivity contribution < 1.29 is 0 Å². The minimum Gasteiger partial charge on any atom is -0.310 e. The maximum atomic E-state index is 2.47. The van der Waals surface area contributed by atoms with Gasteiger partial charge in [0.2, 0.25) is 0 Å². The van der Waals surface area contributed by atoms with Gasteiger partial charge in [-0.05, 0) is 136 Å². The summed E-state index contributed by atoms with van der Waals surface area (Å²) in [4.78, 5) is 2.47. The number of rotatable bonds is 7. The lowest BCUT2D eigenvalue weighted by molar-refractivity contribution is 0.591. The highest BCUT2D eigenvalue weighted by atomic mass is 15.1. The SMILES string of the molecule is CC(C)(C)c1ccc2ccc(-c3ccc(N(c4ccc(-c5ccc6ccc(C(C)(C)C)cc6c5)cc4)c4cccc5c4-c4ccccc4C5(c4ccccc4)c4ccccc4)cc3)cc2c1. The van der Waals surface area contributed by atoms with Crippen molar-refractivity contribution in [2.45, 2.75) is 57.8 Å². The van der Waals surface area contributed by atoms with Crippen molar-refractivity contribution in [1.29, 1.82) is 0 Å². The van der Waals surface area contributed by atoms with E-state index in [0.717, 1.165) is 17.1 Å². The van der Waals surface area contributed by atoms with Gasteiger partial charge in [0.25, 0.3) is 0 Å². The smallest absolute Gasteiger partial charge is 0.0714 e. The zero-order valence-electron chi connectivity index (χ0n) is 38.8. The zero-order chi connectivity index (χ0) is 45.2. The standard InChI is InChI=1S/C65H55N/c1-63(2,3)54-34-28-46-24-26-48(40-50(46)42-54)44-30-36-56(37-31-44)66(57-38-32-45(33-39-57)49-27-25-47-29-35-55(64(4,5)6)43-51(47)41-49)61-23-15-22-60-62(61)58-20-13-14-21-59(58)65(60,52-16-9-7-10-17-52)53-18-11-8-12-19-53/h7-43H,1-6H3. The highest BCUT2D eigenvalue weighted by Gasteiger charge is 2.47. The summed E-state index contributed by atoms with van der Waals surface area (Å²) >= 11 is 0. The van der Waals surface area contributed by atoms with Crippen molar-refractivity contribution in [2.75, 3.05) is 4.90 Å². The zero-order valence-corrected chi connectivity index (χ0v) is 38.8. The first-order valence-electron chi connectivity index (χ1n) is 23.4. The predicted octanol–water partition coefficient (Wildman–Crippen LogP) is 17.8. The quantitative estimate of drug-likeness (QED) is 0.154. The molecule has 10 aromatic rings. The van der Waals surface area contributed by atoms with Gasteiger partial charge in [-0.3, -0.25) is 0 Å². The van der Waals surface area contributed by atoms with Gasteiger partial charge in [-0.2, -0.15) is 0 Å². The van der Waals surface area contributed by atoms with Crippen LogP contribution in [0.3, 0.4) is 0 Å². The topological polar surface area (TPSA) is 3.24 Å². The molecule has 1 nitrogen and oxygen atoms in total. The lowest BCUT2D eigenvalue weighted by atomic mass is 9.68. The Balaban J connectivity index is 1.08. The summed E-state index contributed by atoms with van der Waals surface area (Å²) in [6, 6.07) is 84.1. The van der Waals surface area contributed by atoms with E-state index in [-0.39, 0.29) is 10.8 Å². The Labute approximate surface area is 390 Å². The van der Waals surface area contributed by atoms with Crippen molar-refractivity contribution in [3.8, 4) is 33.4 Å². The van der Waals surface area contributed by atoms with E-state index in [9.17, 15) is 0 Å². The van der Waals surface area contributed by atoms with E-state index in [1.165, 1.54) is 88.3 Å². The second kappa shape index (κ2) is 15.9. The van der Waals surface area contributed by atoms with Crippen molar-refractivity contribution in [3.05, 3.63) is 258 Å². The van der Waals surface area contributed by atoms with Crippen LogP contribution in [0.25, 0.3) is 54.9 Å². The van der Waals surface area contributed by atoms with E-state index in [1.807, 2.05) is 0 Å². The van der Waals surface area contributed by atoms with E-state index in [4.69, 9.17) is 0 Å². The van der Waals surface area contributed by atoms with Gasteiger partial charge in [-0.1, -0.05) is 224 Å². The van der Waals surface area contributed by atoms with Crippen LogP contribution < -0.4 is 4.90 Å². The Bertz CT molecular complexity index is 3220. The van der Waals surface area contributed by atoms with Gasteiger partial charge in [0, 0.05) is 16.9 Å². The second-order valence-electron chi connectivity index (χ2n) is 20.2. The first-order chi connectivity index (χ1) is 32.0. The molecule has 0 N–H and O–H groups in total. The summed E-state index contributed by atoms with van der Waals surface area (Å²) in [5.74, 6) is 0. The van der Waals surface area contributed by atoms with Crippen LogP contribution in [-0.2, 0) is 16.2 Å². The molecule has 0 bridgehead atoms. The molecule has 0 saturated heterocycles. The highest BCUT2D eigenvalue weighted by Crippen LogP contribution is 2.59. The van der Waals surface area contributed by atoms with Gasteiger partial charge in [0.05, 0.1) is 11.1 Å². The number of benzene rings is 10. The Morgan fingerprint density at radius 2 is 0.758 bits per heavy atom. The summed E-state index contributed by atoms with van der Waals surface area (Å²) in [7, 11) is 0. The van der Waals surface area contributed by atoms with Gasteiger partial charge < -0.3 is 4.90 Å². The number of fused-ring (bicyclic) bond motifs is 5. The molecular weight excluding hydrogens is 795 g/mol. The fraction of sp³-hybridized carbons (Fsp3) is 0.138. The molecule has 1 aliphatic rings. The van der Waals surface area contributed by atoms with E-state index in [1.54, 1.807) is 0 Å². The van der Waals surface area contributed by atoms with Crippen LogP contribution in [0.1, 0.15) is 74.9 Å². The monoisotopic (exact) mass is 849 g/mol. The fourth-order valence-electron chi connectivity index (χ4n) is 10.5. The Morgan fingerprint density at radius 3 is 1.24 bits per heavy atom. The molecule has 0 radical (unpaired) electrons. The number of hydrogen-bond acceptors (Lipinski definition) is 1. The van der Waals surface area contributed by atoms with Gasteiger partial charge in [-0.25, -0.2) is 0 Å². The molecule has 11 rings (SSSR count). The Kier molecular flexibility index (Phi) is 9.93. The van der Waals surface area contributed by atoms with E-state index in [0.29, 0.717) is 0 Å². The van der Waals surface area contributed by atoms with E-state index >= 15 is 0 Å². The van der Waals surface area contributed by atoms with Crippen LogP contribution in [0.2, 0.25) is 0 Å². The molecule has 0 amide bonds. The number of nitrogens with zero attached hydrogens (tertiary/aromatic N) is 1. The number of hydrogen-bond donors (Lipinski definition) is 0. The van der Waals surface area contributed by atoms with Gasteiger partial charge in [0.1, 0.15) is 0 Å². The predicted molar refractivity (Wildman–Crippen MR) is 282 cm³/mol. The fourth-order valence-corrected chi connectivity index (χ4v) is 10.5. The van der Waals surface area contributed by atoms with Crippen LogP contribution in [0, 0.1) is 0 Å². The summed E-state index contributed by atoms with van der Waals surface area (Å²) in [6.45, 7) is 13.7. The summed E-state index contributed by atoms with van der Waals surface area (Å²) in [5, 5.41) is 5.06. The molecule has 0 spiro atoms.